The van der Waals surface area contributed by atoms with Gasteiger partial charge in [0, 0.05) is 18.6 Å². The van der Waals surface area contributed by atoms with Gasteiger partial charge in [-0.05, 0) is 45.2 Å². The molecule has 2 heteroatoms. The van der Waals surface area contributed by atoms with Gasteiger partial charge in [-0.25, -0.2) is 0 Å². The molecule has 14 heavy (non-hydrogen) atoms. The third-order valence-corrected chi connectivity index (χ3v) is 3.98. The summed E-state index contributed by atoms with van der Waals surface area (Å²) in [5.41, 5.74) is 0. The molecule has 3 unspecified atom stereocenters. The van der Waals surface area contributed by atoms with E-state index in [-0.39, 0.29) is 0 Å². The predicted molar refractivity (Wildman–Crippen MR) is 60.5 cm³/mol. The first-order valence-electron chi connectivity index (χ1n) is 6.22. The van der Waals surface area contributed by atoms with Crippen LogP contribution in [0.25, 0.3) is 0 Å². The molecule has 2 rings (SSSR count). The van der Waals surface area contributed by atoms with Gasteiger partial charge in [0.1, 0.15) is 0 Å². The molecule has 2 aliphatic rings. The summed E-state index contributed by atoms with van der Waals surface area (Å²) in [7, 11) is 2.23. The normalized spacial score (nSPS) is 39.4. The van der Waals surface area contributed by atoms with Gasteiger partial charge in [0.05, 0.1) is 0 Å². The Morgan fingerprint density at radius 1 is 1.21 bits per heavy atom. The van der Waals surface area contributed by atoms with Gasteiger partial charge < -0.3 is 10.2 Å². The van der Waals surface area contributed by atoms with Crippen molar-refractivity contribution >= 4 is 0 Å². The molecular formula is C12H24N2. The number of likely N-dealkylation sites (tertiary alicyclic amines) is 1. The minimum Gasteiger partial charge on any atom is -0.310 e. The van der Waals surface area contributed by atoms with Crippen molar-refractivity contribution in [1.82, 2.24) is 10.2 Å². The molecule has 82 valence electrons. The summed E-state index contributed by atoms with van der Waals surface area (Å²) in [5.74, 6) is 1.01. The molecule has 0 radical (unpaired) electrons. The molecule has 1 saturated carbocycles. The number of rotatable bonds is 3. The third-order valence-electron chi connectivity index (χ3n) is 3.98. The van der Waals surface area contributed by atoms with Crippen LogP contribution in [0.3, 0.4) is 0 Å². The van der Waals surface area contributed by atoms with Gasteiger partial charge >= 0.3 is 0 Å². The quantitative estimate of drug-likeness (QED) is 0.741. The molecule has 0 bridgehead atoms. The first kappa shape index (κ1) is 10.4. The van der Waals surface area contributed by atoms with E-state index < -0.39 is 0 Å². The average Bonchev–Trinajstić information content (AvgIpc) is 2.76. The highest BCUT2D eigenvalue weighted by Gasteiger charge is 2.27. The Balaban J connectivity index is 1.71. The fraction of sp³-hybridized carbons (Fsp3) is 1.00. The van der Waals surface area contributed by atoms with Gasteiger partial charge in [-0.3, -0.25) is 0 Å². The van der Waals surface area contributed by atoms with Gasteiger partial charge in [-0.15, -0.1) is 0 Å². The van der Waals surface area contributed by atoms with Crippen LogP contribution in [0.15, 0.2) is 0 Å². The lowest BCUT2D eigenvalue weighted by Crippen LogP contribution is -2.38. The monoisotopic (exact) mass is 196 g/mol. The van der Waals surface area contributed by atoms with Crippen LogP contribution in [0.5, 0.6) is 0 Å². The summed E-state index contributed by atoms with van der Waals surface area (Å²) in [4.78, 5) is 2.43. The summed E-state index contributed by atoms with van der Waals surface area (Å²) >= 11 is 0. The molecule has 1 aliphatic heterocycles. The minimum atomic E-state index is 0.778. The van der Waals surface area contributed by atoms with E-state index in [2.05, 4.69) is 24.2 Å². The minimum absolute atomic E-state index is 0.778. The first-order chi connectivity index (χ1) is 6.78. The van der Waals surface area contributed by atoms with Crippen molar-refractivity contribution in [3.63, 3.8) is 0 Å². The maximum atomic E-state index is 3.83. The molecular weight excluding hydrogens is 172 g/mol. The number of hydrogen-bond donors (Lipinski definition) is 1. The Labute approximate surface area is 88.1 Å². The largest absolute Gasteiger partial charge is 0.310 e. The fourth-order valence-electron chi connectivity index (χ4n) is 3.00. The van der Waals surface area contributed by atoms with Gasteiger partial charge in [0.15, 0.2) is 0 Å². The molecule has 0 aromatic carbocycles. The third kappa shape index (κ3) is 2.48. The molecule has 1 aliphatic carbocycles. The maximum absolute atomic E-state index is 3.83. The Kier molecular flexibility index (Phi) is 3.45. The molecule has 0 spiro atoms. The summed E-state index contributed by atoms with van der Waals surface area (Å²) in [6, 6.07) is 1.61. The molecule has 0 amide bonds. The Hall–Kier alpha value is -0.0800. The first-order valence-corrected chi connectivity index (χ1v) is 6.22. The van der Waals surface area contributed by atoms with Crippen LogP contribution in [-0.2, 0) is 0 Å². The lowest BCUT2D eigenvalue weighted by molar-refractivity contribution is 0.376. The summed E-state index contributed by atoms with van der Waals surface area (Å²) in [6.45, 7) is 4.87. The van der Waals surface area contributed by atoms with E-state index in [0.29, 0.717) is 0 Å². The van der Waals surface area contributed by atoms with Crippen molar-refractivity contribution in [2.45, 2.75) is 51.1 Å². The SMILES string of the molecule is CCC1CCC(NC2CCN(C)C2)C1. The van der Waals surface area contributed by atoms with Gasteiger partial charge in [0.25, 0.3) is 0 Å². The van der Waals surface area contributed by atoms with Crippen molar-refractivity contribution in [2.24, 2.45) is 5.92 Å². The molecule has 3 atom stereocenters. The van der Waals surface area contributed by atoms with Crippen LogP contribution in [0, 0.1) is 5.92 Å². The van der Waals surface area contributed by atoms with Crippen molar-refractivity contribution in [2.75, 3.05) is 20.1 Å². The van der Waals surface area contributed by atoms with Gasteiger partial charge in [-0.1, -0.05) is 13.3 Å². The highest BCUT2D eigenvalue weighted by atomic mass is 15.2. The molecule has 0 aromatic rings. The summed E-state index contributed by atoms with van der Waals surface area (Å²) < 4.78 is 0. The Morgan fingerprint density at radius 3 is 2.64 bits per heavy atom. The molecule has 1 saturated heterocycles. The van der Waals surface area contributed by atoms with E-state index in [4.69, 9.17) is 0 Å². The molecule has 0 aromatic heterocycles. The van der Waals surface area contributed by atoms with Crippen LogP contribution >= 0.6 is 0 Å². The summed E-state index contributed by atoms with van der Waals surface area (Å²) in [5, 5.41) is 3.83. The Morgan fingerprint density at radius 2 is 2.07 bits per heavy atom. The second kappa shape index (κ2) is 4.63. The van der Waals surface area contributed by atoms with Gasteiger partial charge in [0.2, 0.25) is 0 Å². The molecule has 1 N–H and O–H groups in total. The Bertz CT molecular complexity index is 181. The van der Waals surface area contributed by atoms with Crippen LogP contribution in [0.2, 0.25) is 0 Å². The molecule has 2 nitrogen and oxygen atoms in total. The van der Waals surface area contributed by atoms with E-state index in [1.807, 2.05) is 0 Å². The zero-order valence-electron chi connectivity index (χ0n) is 9.63. The van der Waals surface area contributed by atoms with Crippen LogP contribution in [-0.4, -0.2) is 37.1 Å². The number of nitrogens with zero attached hydrogens (tertiary/aromatic N) is 1. The lowest BCUT2D eigenvalue weighted by atomic mass is 10.1. The van der Waals surface area contributed by atoms with Crippen LogP contribution in [0.1, 0.15) is 39.0 Å². The lowest BCUT2D eigenvalue weighted by Gasteiger charge is -2.18. The fourth-order valence-corrected chi connectivity index (χ4v) is 3.00. The van der Waals surface area contributed by atoms with Crippen LogP contribution in [0.4, 0.5) is 0 Å². The van der Waals surface area contributed by atoms with E-state index in [9.17, 15) is 0 Å². The van der Waals surface area contributed by atoms with Crippen LogP contribution < -0.4 is 5.32 Å². The standard InChI is InChI=1S/C12H24N2/c1-3-10-4-5-11(8-10)13-12-6-7-14(2)9-12/h10-13H,3-9H2,1-2H3. The van der Waals surface area contributed by atoms with Crippen molar-refractivity contribution in [3.8, 4) is 0 Å². The smallest absolute Gasteiger partial charge is 0.0209 e. The van der Waals surface area contributed by atoms with Crippen molar-refractivity contribution in [1.29, 1.82) is 0 Å². The van der Waals surface area contributed by atoms with E-state index in [1.165, 1.54) is 45.2 Å². The van der Waals surface area contributed by atoms with E-state index in [0.717, 1.165) is 18.0 Å². The highest BCUT2D eigenvalue weighted by molar-refractivity contribution is 4.86. The van der Waals surface area contributed by atoms with Gasteiger partial charge in [-0.2, -0.15) is 0 Å². The zero-order chi connectivity index (χ0) is 9.97. The molecule has 1 heterocycles. The number of likely N-dealkylation sites (N-methyl/N-ethyl adjacent to an activating group) is 1. The second-order valence-electron chi connectivity index (χ2n) is 5.20. The average molecular weight is 196 g/mol. The topological polar surface area (TPSA) is 15.3 Å². The van der Waals surface area contributed by atoms with Crippen molar-refractivity contribution < 1.29 is 0 Å². The predicted octanol–water partition coefficient (Wildman–Crippen LogP) is 1.86. The van der Waals surface area contributed by atoms with E-state index in [1.54, 1.807) is 0 Å². The summed E-state index contributed by atoms with van der Waals surface area (Å²) in [6.07, 6.45) is 7.03. The molecule has 2 fully saturated rings. The highest BCUT2D eigenvalue weighted by Crippen LogP contribution is 2.28. The maximum Gasteiger partial charge on any atom is 0.0209 e. The zero-order valence-corrected chi connectivity index (χ0v) is 9.63. The number of nitrogens with one attached hydrogen (secondary N) is 1. The van der Waals surface area contributed by atoms with Crippen molar-refractivity contribution in [3.05, 3.63) is 0 Å². The van der Waals surface area contributed by atoms with E-state index >= 15 is 0 Å². The number of hydrogen-bond acceptors (Lipinski definition) is 2. The second-order valence-corrected chi connectivity index (χ2v) is 5.20.